The van der Waals surface area contributed by atoms with Gasteiger partial charge in [0.05, 0.1) is 25.5 Å². The summed E-state index contributed by atoms with van der Waals surface area (Å²) >= 11 is 0. The molecule has 3 rings (SSSR count). The molecule has 27 heavy (non-hydrogen) atoms. The van der Waals surface area contributed by atoms with Crippen LogP contribution in [0.2, 0.25) is 0 Å². The lowest BCUT2D eigenvalue weighted by Crippen LogP contribution is -2.39. The second kappa shape index (κ2) is 8.22. The van der Waals surface area contributed by atoms with E-state index in [9.17, 15) is 9.59 Å². The number of hydrogen-bond acceptors (Lipinski definition) is 6. The Morgan fingerprint density at radius 1 is 1.19 bits per heavy atom. The molecule has 0 bridgehead atoms. The van der Waals surface area contributed by atoms with Gasteiger partial charge < -0.3 is 10.1 Å². The molecule has 3 aromatic rings. The third-order valence-corrected chi connectivity index (χ3v) is 3.87. The zero-order valence-corrected chi connectivity index (χ0v) is 15.0. The maximum Gasteiger partial charge on any atom is 0.271 e. The minimum Gasteiger partial charge on any atom is -0.497 e. The Bertz CT molecular complexity index is 971. The fourth-order valence-electron chi connectivity index (χ4n) is 2.51. The number of aromatic nitrogens is 4. The van der Waals surface area contributed by atoms with Crippen molar-refractivity contribution < 1.29 is 9.53 Å². The van der Waals surface area contributed by atoms with Gasteiger partial charge in [-0.15, -0.1) is 0 Å². The Balaban J connectivity index is 1.74. The highest BCUT2D eigenvalue weighted by molar-refractivity contribution is 5.92. The van der Waals surface area contributed by atoms with E-state index in [1.165, 1.54) is 29.3 Å². The predicted octanol–water partition coefficient (Wildman–Crippen LogP) is 1.53. The summed E-state index contributed by atoms with van der Waals surface area (Å²) in [5, 5.41) is 7.19. The first-order chi connectivity index (χ1) is 13.1. The van der Waals surface area contributed by atoms with E-state index in [0.29, 0.717) is 5.69 Å². The highest BCUT2D eigenvalue weighted by Gasteiger charge is 2.13. The second-order valence-corrected chi connectivity index (χ2v) is 5.93. The zero-order chi connectivity index (χ0) is 19.2. The van der Waals surface area contributed by atoms with Crippen LogP contribution in [0.25, 0.3) is 11.3 Å². The lowest BCUT2D eigenvalue weighted by Gasteiger charge is -2.15. The van der Waals surface area contributed by atoms with Crippen LogP contribution in [0.15, 0.2) is 59.8 Å². The molecule has 0 fully saturated rings. The summed E-state index contributed by atoms with van der Waals surface area (Å²) in [6.07, 6.45) is 4.33. The predicted molar refractivity (Wildman–Crippen MR) is 99.4 cm³/mol. The van der Waals surface area contributed by atoms with Gasteiger partial charge in [0, 0.05) is 30.1 Å². The number of carbonyl (C=O) groups excluding carboxylic acids is 1. The third-order valence-electron chi connectivity index (χ3n) is 3.87. The van der Waals surface area contributed by atoms with Gasteiger partial charge in [-0.05, 0) is 37.3 Å². The van der Waals surface area contributed by atoms with Crippen molar-refractivity contribution in [2.45, 2.75) is 19.5 Å². The van der Waals surface area contributed by atoms with E-state index in [1.807, 2.05) is 24.3 Å². The van der Waals surface area contributed by atoms with E-state index in [4.69, 9.17) is 4.74 Å². The first kappa shape index (κ1) is 18.2. The number of methoxy groups -OCH3 is 1. The van der Waals surface area contributed by atoms with Gasteiger partial charge in [-0.25, -0.2) is 9.67 Å². The summed E-state index contributed by atoms with van der Waals surface area (Å²) in [6, 6.07) is 10.2. The molecule has 1 amide bonds. The molecule has 0 aliphatic carbocycles. The molecule has 1 N–H and O–H groups in total. The molecule has 1 aromatic carbocycles. The molecule has 0 radical (unpaired) electrons. The molecule has 2 heterocycles. The fourth-order valence-corrected chi connectivity index (χ4v) is 2.51. The maximum atomic E-state index is 12.1. The lowest BCUT2D eigenvalue weighted by molar-refractivity contribution is 0.0930. The monoisotopic (exact) mass is 365 g/mol. The van der Waals surface area contributed by atoms with Gasteiger partial charge in [0.15, 0.2) is 0 Å². The third kappa shape index (κ3) is 4.55. The van der Waals surface area contributed by atoms with E-state index in [2.05, 4.69) is 20.4 Å². The van der Waals surface area contributed by atoms with Gasteiger partial charge in [0.1, 0.15) is 11.4 Å². The number of nitrogens with zero attached hydrogens (tertiary/aromatic N) is 4. The number of amides is 1. The Kier molecular flexibility index (Phi) is 5.55. The van der Waals surface area contributed by atoms with E-state index in [0.717, 1.165) is 11.3 Å². The molecular weight excluding hydrogens is 346 g/mol. The highest BCUT2D eigenvalue weighted by atomic mass is 16.5. The van der Waals surface area contributed by atoms with Crippen LogP contribution in [0.5, 0.6) is 5.75 Å². The minimum atomic E-state index is -0.352. The summed E-state index contributed by atoms with van der Waals surface area (Å²) in [5.41, 5.74) is 1.50. The van der Waals surface area contributed by atoms with Gasteiger partial charge in [-0.1, -0.05) is 0 Å². The maximum absolute atomic E-state index is 12.1. The Hall–Kier alpha value is -3.55. The van der Waals surface area contributed by atoms with Crippen LogP contribution in [0.4, 0.5) is 0 Å². The minimum absolute atomic E-state index is 0.219. The summed E-state index contributed by atoms with van der Waals surface area (Å²) in [7, 11) is 1.60. The van der Waals surface area contributed by atoms with Crippen LogP contribution >= 0.6 is 0 Å². The number of nitrogens with one attached hydrogen (secondary N) is 1. The molecule has 138 valence electrons. The van der Waals surface area contributed by atoms with Crippen molar-refractivity contribution in [1.29, 1.82) is 0 Å². The van der Waals surface area contributed by atoms with Crippen molar-refractivity contribution in [2.24, 2.45) is 0 Å². The van der Waals surface area contributed by atoms with Crippen LogP contribution < -0.4 is 15.6 Å². The molecule has 2 aromatic heterocycles. The summed E-state index contributed by atoms with van der Waals surface area (Å²) in [6.45, 7) is 2.03. The van der Waals surface area contributed by atoms with Crippen molar-refractivity contribution in [1.82, 2.24) is 25.1 Å². The highest BCUT2D eigenvalue weighted by Crippen LogP contribution is 2.19. The van der Waals surface area contributed by atoms with Crippen molar-refractivity contribution in [3.63, 3.8) is 0 Å². The standard InChI is InChI=1S/C19H19N5O3/c1-13(22-19(26)17-11-20-9-10-21-17)12-24-18(25)8-7-16(23-24)14-3-5-15(27-2)6-4-14/h3-11,13H,12H2,1-2H3,(H,22,26)/t13-/m0/s1. The molecule has 8 nitrogen and oxygen atoms in total. The SMILES string of the molecule is COc1ccc(-c2ccc(=O)n(C[C@H](C)NC(=O)c3cnccn3)n2)cc1. The van der Waals surface area contributed by atoms with Gasteiger partial charge in [0.25, 0.3) is 11.5 Å². The number of carbonyl (C=O) groups is 1. The molecular formula is C19H19N5O3. The Morgan fingerprint density at radius 2 is 1.96 bits per heavy atom. The normalized spacial score (nSPS) is 11.6. The molecule has 1 atom stereocenters. The first-order valence-corrected chi connectivity index (χ1v) is 8.36. The van der Waals surface area contributed by atoms with E-state index < -0.39 is 0 Å². The number of benzene rings is 1. The topological polar surface area (TPSA) is 99.0 Å². The molecule has 0 saturated heterocycles. The molecule has 0 saturated carbocycles. The molecule has 0 aliphatic heterocycles. The number of rotatable bonds is 6. The summed E-state index contributed by atoms with van der Waals surface area (Å²) in [4.78, 5) is 32.1. The average Bonchev–Trinajstić information content (AvgIpc) is 2.70. The van der Waals surface area contributed by atoms with Crippen LogP contribution in [0, 0.1) is 0 Å². The molecule has 8 heteroatoms. The average molecular weight is 365 g/mol. The van der Waals surface area contributed by atoms with Gasteiger partial charge in [-0.3, -0.25) is 14.6 Å². The van der Waals surface area contributed by atoms with Gasteiger partial charge in [0.2, 0.25) is 0 Å². The lowest BCUT2D eigenvalue weighted by atomic mass is 10.1. The quantitative estimate of drug-likeness (QED) is 0.711. The molecule has 0 spiro atoms. The number of hydrogen-bond donors (Lipinski definition) is 1. The largest absolute Gasteiger partial charge is 0.497 e. The van der Waals surface area contributed by atoms with Crippen molar-refractivity contribution >= 4 is 5.91 Å². The zero-order valence-electron chi connectivity index (χ0n) is 15.0. The van der Waals surface area contributed by atoms with Crippen LogP contribution in [0.3, 0.4) is 0 Å². The van der Waals surface area contributed by atoms with Crippen molar-refractivity contribution in [2.75, 3.05) is 7.11 Å². The van der Waals surface area contributed by atoms with Gasteiger partial charge in [-0.2, -0.15) is 5.10 Å². The summed E-state index contributed by atoms with van der Waals surface area (Å²) in [5.74, 6) is 0.391. The Morgan fingerprint density at radius 3 is 2.63 bits per heavy atom. The Labute approximate surface area is 155 Å². The van der Waals surface area contributed by atoms with Crippen LogP contribution in [-0.4, -0.2) is 38.8 Å². The van der Waals surface area contributed by atoms with Gasteiger partial charge >= 0.3 is 0 Å². The molecule has 0 unspecified atom stereocenters. The van der Waals surface area contributed by atoms with Crippen molar-refractivity contribution in [3.05, 3.63) is 71.0 Å². The van der Waals surface area contributed by atoms with E-state index >= 15 is 0 Å². The molecule has 0 aliphatic rings. The van der Waals surface area contributed by atoms with E-state index in [-0.39, 0.29) is 29.7 Å². The number of ether oxygens (including phenoxy) is 1. The smallest absolute Gasteiger partial charge is 0.271 e. The fraction of sp³-hybridized carbons (Fsp3) is 0.211. The van der Waals surface area contributed by atoms with Crippen LogP contribution in [-0.2, 0) is 6.54 Å². The second-order valence-electron chi connectivity index (χ2n) is 5.93. The van der Waals surface area contributed by atoms with Crippen molar-refractivity contribution in [3.8, 4) is 17.0 Å². The van der Waals surface area contributed by atoms with Crippen LogP contribution in [0.1, 0.15) is 17.4 Å². The summed E-state index contributed by atoms with van der Waals surface area (Å²) < 4.78 is 6.48. The van der Waals surface area contributed by atoms with E-state index in [1.54, 1.807) is 20.1 Å². The first-order valence-electron chi connectivity index (χ1n) is 8.36.